The van der Waals surface area contributed by atoms with Crippen molar-refractivity contribution in [3.8, 4) is 29.0 Å². The molecule has 1 saturated carbocycles. The second kappa shape index (κ2) is 9.26. The molecule has 2 heterocycles. The number of amides is 1. The molecule has 0 spiro atoms. The first kappa shape index (κ1) is 20.3. The number of H-pyrrole nitrogens is 1. The number of methoxy groups -OCH3 is 1. The van der Waals surface area contributed by atoms with Crippen LogP contribution in [0.5, 0.6) is 11.6 Å². The summed E-state index contributed by atoms with van der Waals surface area (Å²) in [6.45, 7) is 0. The molecule has 2 aromatic heterocycles. The largest absolute Gasteiger partial charge is 0.496 e. The highest BCUT2D eigenvalue weighted by atomic mass is 16.5. The number of carbonyl (C=O) groups excluding carboxylic acids is 1. The van der Waals surface area contributed by atoms with Crippen LogP contribution in [-0.2, 0) is 0 Å². The first-order valence-corrected chi connectivity index (χ1v) is 10.1. The fraction of sp³-hybridized carbons (Fsp3) is 0.318. The standard InChI is InChI=1S/C22H22N6O3/c1-30-20-5-3-2-4-16(20)17-12-18(28-27-17)21(29)26-14-6-8-15(9-7-14)31-22-19(13-23)24-10-11-25-22/h2-5,10-12,14-15H,6-9H2,1H3,(H,26,29)(H,27,28). The third kappa shape index (κ3) is 4.64. The highest BCUT2D eigenvalue weighted by molar-refractivity contribution is 5.93. The third-order valence-electron chi connectivity index (χ3n) is 5.26. The first-order chi connectivity index (χ1) is 15.2. The molecule has 0 saturated heterocycles. The zero-order valence-corrected chi connectivity index (χ0v) is 17.0. The van der Waals surface area contributed by atoms with Crippen LogP contribution in [0.3, 0.4) is 0 Å². The van der Waals surface area contributed by atoms with Crippen LogP contribution in [0.2, 0.25) is 0 Å². The maximum Gasteiger partial charge on any atom is 0.269 e. The molecule has 1 amide bonds. The van der Waals surface area contributed by atoms with Gasteiger partial charge in [0.2, 0.25) is 5.69 Å². The van der Waals surface area contributed by atoms with E-state index in [0.717, 1.165) is 31.2 Å². The van der Waals surface area contributed by atoms with Gasteiger partial charge in [-0.2, -0.15) is 10.4 Å². The van der Waals surface area contributed by atoms with Gasteiger partial charge in [0.15, 0.2) is 0 Å². The monoisotopic (exact) mass is 418 g/mol. The van der Waals surface area contributed by atoms with E-state index in [1.54, 1.807) is 13.2 Å². The molecule has 0 atom stereocenters. The average Bonchev–Trinajstić information content (AvgIpc) is 3.31. The molecule has 3 aromatic rings. The van der Waals surface area contributed by atoms with Crippen LogP contribution in [0, 0.1) is 11.3 Å². The Balaban J connectivity index is 1.33. The minimum atomic E-state index is -0.196. The van der Waals surface area contributed by atoms with Crippen molar-refractivity contribution in [2.45, 2.75) is 37.8 Å². The van der Waals surface area contributed by atoms with Gasteiger partial charge in [0.05, 0.1) is 12.8 Å². The predicted octanol–water partition coefficient (Wildman–Crippen LogP) is 2.87. The summed E-state index contributed by atoms with van der Waals surface area (Å²) in [7, 11) is 1.60. The highest BCUT2D eigenvalue weighted by Crippen LogP contribution is 2.28. The molecule has 1 aliphatic carbocycles. The second-order valence-corrected chi connectivity index (χ2v) is 7.25. The Labute approximate surface area is 179 Å². The zero-order chi connectivity index (χ0) is 21.6. The molecule has 0 unspecified atom stereocenters. The summed E-state index contributed by atoms with van der Waals surface area (Å²) in [6.07, 6.45) is 5.96. The van der Waals surface area contributed by atoms with E-state index in [-0.39, 0.29) is 29.6 Å². The van der Waals surface area contributed by atoms with Crippen LogP contribution in [0.15, 0.2) is 42.7 Å². The molecule has 4 rings (SSSR count). The number of nitrogens with one attached hydrogen (secondary N) is 2. The molecule has 9 nitrogen and oxygen atoms in total. The number of benzene rings is 1. The number of nitriles is 1. The summed E-state index contributed by atoms with van der Waals surface area (Å²) < 4.78 is 11.2. The van der Waals surface area contributed by atoms with Crippen molar-refractivity contribution in [1.82, 2.24) is 25.5 Å². The van der Waals surface area contributed by atoms with Gasteiger partial charge in [-0.3, -0.25) is 9.89 Å². The summed E-state index contributed by atoms with van der Waals surface area (Å²) in [5.41, 5.74) is 2.05. The van der Waals surface area contributed by atoms with Crippen molar-refractivity contribution in [2.24, 2.45) is 0 Å². The normalized spacial score (nSPS) is 18.1. The Hall–Kier alpha value is -3.93. The Morgan fingerprint density at radius 2 is 1.97 bits per heavy atom. The summed E-state index contributed by atoms with van der Waals surface area (Å²) >= 11 is 0. The van der Waals surface area contributed by atoms with Gasteiger partial charge in [-0.1, -0.05) is 12.1 Å². The van der Waals surface area contributed by atoms with Crippen molar-refractivity contribution in [1.29, 1.82) is 5.26 Å². The Bertz CT molecular complexity index is 1100. The van der Waals surface area contributed by atoms with E-state index < -0.39 is 0 Å². The molecular weight excluding hydrogens is 396 g/mol. The predicted molar refractivity (Wildman–Crippen MR) is 111 cm³/mol. The smallest absolute Gasteiger partial charge is 0.269 e. The topological polar surface area (TPSA) is 126 Å². The van der Waals surface area contributed by atoms with Crippen molar-refractivity contribution in [2.75, 3.05) is 7.11 Å². The lowest BCUT2D eigenvalue weighted by molar-refractivity contribution is 0.0884. The van der Waals surface area contributed by atoms with Gasteiger partial charge in [-0.05, 0) is 43.9 Å². The van der Waals surface area contributed by atoms with Gasteiger partial charge < -0.3 is 14.8 Å². The number of para-hydroxylation sites is 1. The van der Waals surface area contributed by atoms with Crippen molar-refractivity contribution in [3.63, 3.8) is 0 Å². The van der Waals surface area contributed by atoms with E-state index in [4.69, 9.17) is 14.7 Å². The van der Waals surface area contributed by atoms with E-state index in [1.807, 2.05) is 30.3 Å². The number of hydrogen-bond acceptors (Lipinski definition) is 7. The van der Waals surface area contributed by atoms with Crippen LogP contribution in [0.4, 0.5) is 0 Å². The van der Waals surface area contributed by atoms with E-state index >= 15 is 0 Å². The molecule has 1 aromatic carbocycles. The molecule has 1 fully saturated rings. The van der Waals surface area contributed by atoms with Crippen LogP contribution in [-0.4, -0.2) is 45.3 Å². The maximum absolute atomic E-state index is 12.7. The molecule has 158 valence electrons. The van der Waals surface area contributed by atoms with Crippen LogP contribution in [0.1, 0.15) is 41.9 Å². The van der Waals surface area contributed by atoms with Crippen LogP contribution < -0.4 is 14.8 Å². The number of carbonyl (C=O) groups is 1. The average molecular weight is 418 g/mol. The number of aromatic nitrogens is 4. The van der Waals surface area contributed by atoms with Crippen molar-refractivity contribution < 1.29 is 14.3 Å². The van der Waals surface area contributed by atoms with Gasteiger partial charge in [-0.15, -0.1) is 0 Å². The number of ether oxygens (including phenoxy) is 2. The van der Waals surface area contributed by atoms with E-state index in [0.29, 0.717) is 17.1 Å². The fourth-order valence-electron chi connectivity index (χ4n) is 3.67. The lowest BCUT2D eigenvalue weighted by Gasteiger charge is -2.29. The number of rotatable bonds is 6. The molecular formula is C22H22N6O3. The molecule has 0 bridgehead atoms. The van der Waals surface area contributed by atoms with E-state index in [9.17, 15) is 4.79 Å². The van der Waals surface area contributed by atoms with Gasteiger partial charge >= 0.3 is 0 Å². The quantitative estimate of drug-likeness (QED) is 0.630. The van der Waals surface area contributed by atoms with E-state index in [1.165, 1.54) is 12.4 Å². The summed E-state index contributed by atoms with van der Waals surface area (Å²) in [5, 5.41) is 19.2. The van der Waals surface area contributed by atoms with Crippen LogP contribution in [0.25, 0.3) is 11.3 Å². The van der Waals surface area contributed by atoms with Gasteiger partial charge in [-0.25, -0.2) is 9.97 Å². The lowest BCUT2D eigenvalue weighted by Crippen LogP contribution is -2.40. The fourth-order valence-corrected chi connectivity index (χ4v) is 3.67. The molecule has 0 aliphatic heterocycles. The molecule has 0 radical (unpaired) electrons. The zero-order valence-electron chi connectivity index (χ0n) is 17.0. The SMILES string of the molecule is COc1ccccc1-c1cc(C(=O)NC2CCC(Oc3nccnc3C#N)CC2)[nH]n1. The molecule has 2 N–H and O–H groups in total. The Morgan fingerprint density at radius 1 is 1.19 bits per heavy atom. The molecule has 31 heavy (non-hydrogen) atoms. The Morgan fingerprint density at radius 3 is 2.74 bits per heavy atom. The molecule has 9 heteroatoms. The first-order valence-electron chi connectivity index (χ1n) is 10.1. The van der Waals surface area contributed by atoms with Crippen molar-refractivity contribution in [3.05, 3.63) is 54.1 Å². The minimum Gasteiger partial charge on any atom is -0.496 e. The minimum absolute atomic E-state index is 0.0441. The van der Waals surface area contributed by atoms with Gasteiger partial charge in [0, 0.05) is 24.0 Å². The number of hydrogen-bond donors (Lipinski definition) is 2. The summed E-state index contributed by atoms with van der Waals surface area (Å²) in [4.78, 5) is 20.7. The number of aromatic amines is 1. The third-order valence-corrected chi connectivity index (χ3v) is 5.26. The maximum atomic E-state index is 12.7. The van der Waals surface area contributed by atoms with Gasteiger partial charge in [0.1, 0.15) is 23.6 Å². The van der Waals surface area contributed by atoms with E-state index in [2.05, 4.69) is 25.5 Å². The highest BCUT2D eigenvalue weighted by Gasteiger charge is 2.25. The summed E-state index contributed by atoms with van der Waals surface area (Å²) in [6, 6.07) is 11.3. The second-order valence-electron chi connectivity index (χ2n) is 7.25. The van der Waals surface area contributed by atoms with Crippen LogP contribution >= 0.6 is 0 Å². The Kier molecular flexibility index (Phi) is 6.08. The lowest BCUT2D eigenvalue weighted by atomic mass is 9.93. The molecule has 1 aliphatic rings. The van der Waals surface area contributed by atoms with Gasteiger partial charge in [0.25, 0.3) is 11.8 Å². The van der Waals surface area contributed by atoms with Crippen molar-refractivity contribution >= 4 is 5.91 Å². The number of nitrogens with zero attached hydrogens (tertiary/aromatic N) is 4. The summed E-state index contributed by atoms with van der Waals surface area (Å²) in [5.74, 6) is 0.763.